The summed E-state index contributed by atoms with van der Waals surface area (Å²) in [7, 11) is 0. The molecule has 0 bridgehead atoms. The van der Waals surface area contributed by atoms with Crippen LogP contribution < -0.4 is 5.56 Å². The number of carbonyl (C=O) groups is 1. The Morgan fingerprint density at radius 3 is 2.86 bits per heavy atom. The van der Waals surface area contributed by atoms with E-state index in [1.54, 1.807) is 18.7 Å². The van der Waals surface area contributed by atoms with Gasteiger partial charge in [-0.2, -0.15) is 0 Å². The van der Waals surface area contributed by atoms with Gasteiger partial charge in [0.1, 0.15) is 6.54 Å². The number of hydrogen-bond donors (Lipinski definition) is 0. The van der Waals surface area contributed by atoms with Crippen LogP contribution in [-0.2, 0) is 16.1 Å². The number of aryl methyl sites for hydroxylation is 1. The number of carbonyl (C=O) groups excluding carboxylic acids is 1. The van der Waals surface area contributed by atoms with E-state index in [1.165, 1.54) is 23.7 Å². The lowest BCUT2D eigenvalue weighted by Crippen LogP contribution is -2.36. The molecule has 1 aliphatic heterocycles. The van der Waals surface area contributed by atoms with Gasteiger partial charge < -0.3 is 9.64 Å². The molecule has 6 nitrogen and oxygen atoms in total. The van der Waals surface area contributed by atoms with E-state index in [4.69, 9.17) is 4.74 Å². The summed E-state index contributed by atoms with van der Waals surface area (Å²) in [6, 6.07) is 0. The van der Waals surface area contributed by atoms with Crippen molar-refractivity contribution in [2.24, 2.45) is 5.92 Å². The molecule has 1 saturated carbocycles. The smallest absolute Gasteiger partial charge is 0.256 e. The molecule has 0 N–H and O–H groups in total. The molecule has 1 amide bonds. The zero-order valence-corrected chi connectivity index (χ0v) is 13.2. The highest BCUT2D eigenvalue weighted by Crippen LogP contribution is 2.30. The van der Waals surface area contributed by atoms with Crippen LogP contribution in [0.4, 0.5) is 0 Å². The molecule has 0 spiro atoms. The molecular formula is C16H23N3O3. The Morgan fingerprint density at radius 2 is 2.14 bits per heavy atom. The lowest BCUT2D eigenvalue weighted by molar-refractivity contribution is -0.131. The monoisotopic (exact) mass is 305 g/mol. The minimum atomic E-state index is -0.137. The number of aromatic nitrogens is 2. The predicted molar refractivity (Wildman–Crippen MR) is 81.6 cm³/mol. The van der Waals surface area contributed by atoms with Crippen molar-refractivity contribution in [3.63, 3.8) is 0 Å². The second-order valence-electron chi connectivity index (χ2n) is 6.42. The molecule has 1 aromatic rings. The van der Waals surface area contributed by atoms with Crippen LogP contribution in [0.1, 0.15) is 30.5 Å². The Hall–Kier alpha value is -1.69. The maximum atomic E-state index is 12.3. The van der Waals surface area contributed by atoms with Crippen molar-refractivity contribution in [1.29, 1.82) is 0 Å². The first-order valence-electron chi connectivity index (χ1n) is 7.96. The number of rotatable bonds is 5. The zero-order valence-electron chi connectivity index (χ0n) is 13.2. The van der Waals surface area contributed by atoms with Crippen LogP contribution in [0.5, 0.6) is 0 Å². The minimum Gasteiger partial charge on any atom is -0.376 e. The SMILES string of the molecule is Cc1ncn(CC(=O)N2CCC(OCC3CC3)C2)c(=O)c1C. The van der Waals surface area contributed by atoms with Gasteiger partial charge in [-0.05, 0) is 39.0 Å². The van der Waals surface area contributed by atoms with E-state index in [2.05, 4.69) is 4.98 Å². The Kier molecular flexibility index (Phi) is 4.29. The summed E-state index contributed by atoms with van der Waals surface area (Å²) >= 11 is 0. The topological polar surface area (TPSA) is 64.4 Å². The van der Waals surface area contributed by atoms with Gasteiger partial charge in [-0.3, -0.25) is 14.2 Å². The first kappa shape index (κ1) is 15.2. The second kappa shape index (κ2) is 6.20. The fourth-order valence-corrected chi connectivity index (χ4v) is 2.68. The summed E-state index contributed by atoms with van der Waals surface area (Å²) in [4.78, 5) is 30.4. The van der Waals surface area contributed by atoms with Gasteiger partial charge in [0.15, 0.2) is 0 Å². The van der Waals surface area contributed by atoms with Crippen LogP contribution in [0.15, 0.2) is 11.1 Å². The van der Waals surface area contributed by atoms with Crippen molar-refractivity contribution >= 4 is 5.91 Å². The van der Waals surface area contributed by atoms with E-state index >= 15 is 0 Å². The number of ether oxygens (including phenoxy) is 1. The molecule has 2 heterocycles. The van der Waals surface area contributed by atoms with Gasteiger partial charge in [0.25, 0.3) is 5.56 Å². The molecule has 2 aliphatic rings. The van der Waals surface area contributed by atoms with E-state index in [1.807, 2.05) is 0 Å². The predicted octanol–water partition coefficient (Wildman–Crippen LogP) is 0.888. The number of amides is 1. The third kappa shape index (κ3) is 3.38. The van der Waals surface area contributed by atoms with Gasteiger partial charge >= 0.3 is 0 Å². The molecule has 22 heavy (non-hydrogen) atoms. The molecule has 0 radical (unpaired) electrons. The summed E-state index contributed by atoms with van der Waals surface area (Å²) in [6.07, 6.45) is 5.05. The maximum Gasteiger partial charge on any atom is 0.256 e. The number of hydrogen-bond acceptors (Lipinski definition) is 4. The van der Waals surface area contributed by atoms with Crippen molar-refractivity contribution in [3.8, 4) is 0 Å². The van der Waals surface area contributed by atoms with Gasteiger partial charge in [0, 0.05) is 31.0 Å². The zero-order chi connectivity index (χ0) is 15.7. The molecule has 1 saturated heterocycles. The normalized spacial score (nSPS) is 21.4. The summed E-state index contributed by atoms with van der Waals surface area (Å²) in [5.74, 6) is 0.703. The summed E-state index contributed by atoms with van der Waals surface area (Å²) in [6.45, 7) is 5.77. The highest BCUT2D eigenvalue weighted by Gasteiger charge is 2.29. The van der Waals surface area contributed by atoms with Crippen LogP contribution >= 0.6 is 0 Å². The summed E-state index contributed by atoms with van der Waals surface area (Å²) in [5, 5.41) is 0. The third-order valence-corrected chi connectivity index (χ3v) is 4.58. The Labute approximate surface area is 130 Å². The molecule has 120 valence electrons. The van der Waals surface area contributed by atoms with Crippen molar-refractivity contribution in [1.82, 2.24) is 14.5 Å². The van der Waals surface area contributed by atoms with Gasteiger partial charge in [-0.15, -0.1) is 0 Å². The van der Waals surface area contributed by atoms with Crippen molar-refractivity contribution in [3.05, 3.63) is 27.9 Å². The molecular weight excluding hydrogens is 282 g/mol. The first-order valence-corrected chi connectivity index (χ1v) is 7.96. The van der Waals surface area contributed by atoms with E-state index in [9.17, 15) is 9.59 Å². The average molecular weight is 305 g/mol. The highest BCUT2D eigenvalue weighted by molar-refractivity contribution is 5.76. The van der Waals surface area contributed by atoms with E-state index in [-0.39, 0.29) is 24.1 Å². The molecule has 1 aromatic heterocycles. The third-order valence-electron chi connectivity index (χ3n) is 4.58. The van der Waals surface area contributed by atoms with E-state index < -0.39 is 0 Å². The molecule has 1 unspecified atom stereocenters. The summed E-state index contributed by atoms with van der Waals surface area (Å²) < 4.78 is 7.23. The Bertz CT molecular complexity index is 622. The van der Waals surface area contributed by atoms with Crippen LogP contribution in [0, 0.1) is 19.8 Å². The number of likely N-dealkylation sites (tertiary alicyclic amines) is 1. The van der Waals surface area contributed by atoms with Crippen LogP contribution in [0.2, 0.25) is 0 Å². The van der Waals surface area contributed by atoms with Crippen molar-refractivity contribution < 1.29 is 9.53 Å². The lowest BCUT2D eigenvalue weighted by Gasteiger charge is -2.17. The van der Waals surface area contributed by atoms with E-state index in [0.29, 0.717) is 24.3 Å². The summed E-state index contributed by atoms with van der Waals surface area (Å²) in [5.41, 5.74) is 1.17. The largest absolute Gasteiger partial charge is 0.376 e. The molecule has 0 aromatic carbocycles. The van der Waals surface area contributed by atoms with Crippen molar-refractivity contribution in [2.75, 3.05) is 19.7 Å². The fourth-order valence-electron chi connectivity index (χ4n) is 2.68. The molecule has 2 fully saturated rings. The first-order chi connectivity index (χ1) is 10.5. The van der Waals surface area contributed by atoms with Crippen LogP contribution in [0.25, 0.3) is 0 Å². The van der Waals surface area contributed by atoms with Gasteiger partial charge in [0.2, 0.25) is 5.91 Å². The van der Waals surface area contributed by atoms with Crippen LogP contribution in [-0.4, -0.2) is 46.2 Å². The Balaban J connectivity index is 1.56. The standard InChI is InChI=1S/C16H23N3O3/c1-11-12(2)17-10-19(16(11)21)8-15(20)18-6-5-14(7-18)22-9-13-3-4-13/h10,13-14H,3-9H2,1-2H3. The molecule has 1 atom stereocenters. The maximum absolute atomic E-state index is 12.3. The Morgan fingerprint density at radius 1 is 1.36 bits per heavy atom. The minimum absolute atomic E-state index is 0.0373. The lowest BCUT2D eigenvalue weighted by atomic mass is 10.3. The molecule has 3 rings (SSSR count). The van der Waals surface area contributed by atoms with Gasteiger partial charge in [-0.25, -0.2) is 4.98 Å². The van der Waals surface area contributed by atoms with Gasteiger partial charge in [0.05, 0.1) is 12.4 Å². The van der Waals surface area contributed by atoms with Crippen LogP contribution in [0.3, 0.4) is 0 Å². The average Bonchev–Trinajstić information content (AvgIpc) is 3.22. The quantitative estimate of drug-likeness (QED) is 0.810. The highest BCUT2D eigenvalue weighted by atomic mass is 16.5. The second-order valence-corrected chi connectivity index (χ2v) is 6.42. The van der Waals surface area contributed by atoms with E-state index in [0.717, 1.165) is 18.9 Å². The number of nitrogens with zero attached hydrogens (tertiary/aromatic N) is 3. The van der Waals surface area contributed by atoms with Crippen molar-refractivity contribution in [2.45, 2.75) is 45.8 Å². The fraction of sp³-hybridized carbons (Fsp3) is 0.688. The molecule has 1 aliphatic carbocycles. The van der Waals surface area contributed by atoms with Gasteiger partial charge in [-0.1, -0.05) is 0 Å². The molecule has 6 heteroatoms.